The van der Waals surface area contributed by atoms with Crippen LogP contribution >= 0.6 is 11.3 Å². The van der Waals surface area contributed by atoms with Crippen molar-refractivity contribution in [3.63, 3.8) is 0 Å². The number of aromatic nitrogens is 1. The molecular weight excluding hydrogens is 474 g/mol. The highest BCUT2D eigenvalue weighted by Gasteiger charge is 2.35. The second-order valence-corrected chi connectivity index (χ2v) is 10.7. The van der Waals surface area contributed by atoms with Crippen LogP contribution in [0.5, 0.6) is 0 Å². The number of allylic oxidation sites excluding steroid dienone is 4. The molecular formula is C28H33N3O4S. The summed E-state index contributed by atoms with van der Waals surface area (Å²) in [5.41, 5.74) is 4.65. The number of hydrogen-bond acceptors (Lipinski definition) is 6. The third-order valence-electron chi connectivity index (χ3n) is 7.15. The summed E-state index contributed by atoms with van der Waals surface area (Å²) in [5, 5.41) is 5.90. The summed E-state index contributed by atoms with van der Waals surface area (Å²) in [6.45, 7) is 4.02. The van der Waals surface area contributed by atoms with E-state index >= 15 is 0 Å². The molecule has 0 bridgehead atoms. The maximum absolute atomic E-state index is 13.2. The second kappa shape index (κ2) is 11.0. The van der Waals surface area contributed by atoms with Crippen molar-refractivity contribution in [2.75, 3.05) is 38.7 Å². The van der Waals surface area contributed by atoms with Crippen molar-refractivity contribution in [2.24, 2.45) is 11.8 Å². The molecule has 190 valence electrons. The van der Waals surface area contributed by atoms with Gasteiger partial charge in [0.1, 0.15) is 12.3 Å². The van der Waals surface area contributed by atoms with Crippen molar-refractivity contribution in [2.45, 2.75) is 38.5 Å². The van der Waals surface area contributed by atoms with Crippen LogP contribution in [0.4, 0.5) is 10.5 Å². The number of carbonyl (C=O) groups excluding carboxylic acids is 2. The van der Waals surface area contributed by atoms with E-state index in [0.29, 0.717) is 37.2 Å². The van der Waals surface area contributed by atoms with Crippen LogP contribution in [0.2, 0.25) is 0 Å². The number of ether oxygens (including phenoxy) is 2. The number of amides is 2. The molecule has 0 spiro atoms. The van der Waals surface area contributed by atoms with Crippen LogP contribution in [-0.4, -0.2) is 55.3 Å². The lowest BCUT2D eigenvalue weighted by atomic mass is 9.96. The van der Waals surface area contributed by atoms with Crippen molar-refractivity contribution in [1.82, 2.24) is 9.88 Å². The van der Waals surface area contributed by atoms with Gasteiger partial charge < -0.3 is 19.7 Å². The summed E-state index contributed by atoms with van der Waals surface area (Å²) < 4.78 is 10.2. The number of likely N-dealkylation sites (tertiary alicyclic amines) is 1. The molecule has 0 radical (unpaired) electrons. The predicted octanol–water partition coefficient (Wildman–Crippen LogP) is 5.65. The van der Waals surface area contributed by atoms with Gasteiger partial charge in [0.15, 0.2) is 0 Å². The van der Waals surface area contributed by atoms with Crippen LogP contribution in [0.15, 0.2) is 41.8 Å². The number of rotatable bonds is 7. The molecule has 1 aromatic carbocycles. The van der Waals surface area contributed by atoms with Gasteiger partial charge >= 0.3 is 6.09 Å². The molecule has 7 nitrogen and oxygen atoms in total. The Kier molecular flexibility index (Phi) is 7.53. The van der Waals surface area contributed by atoms with Gasteiger partial charge in [0.05, 0.1) is 11.6 Å². The van der Waals surface area contributed by atoms with Gasteiger partial charge in [-0.25, -0.2) is 9.78 Å². The zero-order chi connectivity index (χ0) is 25.1. The number of benzene rings is 1. The molecule has 3 atom stereocenters. The first kappa shape index (κ1) is 24.7. The van der Waals surface area contributed by atoms with Crippen LogP contribution in [0.3, 0.4) is 0 Å². The van der Waals surface area contributed by atoms with E-state index in [1.807, 2.05) is 17.5 Å². The molecule has 1 saturated heterocycles. The van der Waals surface area contributed by atoms with Gasteiger partial charge in [-0.3, -0.25) is 4.79 Å². The molecule has 36 heavy (non-hydrogen) atoms. The van der Waals surface area contributed by atoms with Crippen LogP contribution in [0, 0.1) is 18.8 Å². The predicted molar refractivity (Wildman–Crippen MR) is 141 cm³/mol. The Morgan fingerprint density at radius 2 is 2.08 bits per heavy atom. The molecule has 2 aromatic rings. The van der Waals surface area contributed by atoms with Gasteiger partial charge in [0.25, 0.3) is 5.91 Å². The number of fused-ring (bicyclic) bond motifs is 1. The Balaban J connectivity index is 1.23. The maximum Gasteiger partial charge on any atom is 0.409 e. The molecule has 1 aromatic heterocycles. The van der Waals surface area contributed by atoms with E-state index in [2.05, 4.69) is 36.5 Å². The van der Waals surface area contributed by atoms with Crippen molar-refractivity contribution in [3.05, 3.63) is 63.6 Å². The Bertz CT molecular complexity index is 1190. The van der Waals surface area contributed by atoms with Gasteiger partial charge in [-0.15, -0.1) is 11.3 Å². The molecule has 2 amide bonds. The minimum atomic E-state index is -0.291. The lowest BCUT2D eigenvalue weighted by Gasteiger charge is -2.19. The highest BCUT2D eigenvalue weighted by molar-refractivity contribution is 7.10. The van der Waals surface area contributed by atoms with E-state index in [1.165, 1.54) is 23.3 Å². The third-order valence-corrected chi connectivity index (χ3v) is 8.15. The molecule has 1 N–H and O–H groups in total. The Morgan fingerprint density at radius 1 is 1.19 bits per heavy atom. The molecule has 2 heterocycles. The van der Waals surface area contributed by atoms with Gasteiger partial charge in [-0.2, -0.15) is 0 Å². The zero-order valence-electron chi connectivity index (χ0n) is 20.9. The third kappa shape index (κ3) is 5.71. The number of hydrogen-bond donors (Lipinski definition) is 1. The number of nitrogens with one attached hydrogen (secondary N) is 1. The lowest BCUT2D eigenvalue weighted by molar-refractivity contribution is 0.0725. The van der Waals surface area contributed by atoms with Gasteiger partial charge in [-0.1, -0.05) is 29.9 Å². The first-order valence-electron chi connectivity index (χ1n) is 12.7. The quantitative estimate of drug-likeness (QED) is 0.490. The summed E-state index contributed by atoms with van der Waals surface area (Å²) in [4.78, 5) is 31.9. The number of aryl methyl sites for hydroxylation is 1. The lowest BCUT2D eigenvalue weighted by Crippen LogP contribution is -2.33. The molecule has 2 aliphatic carbocycles. The number of anilines is 1. The number of thiazole rings is 1. The zero-order valence-corrected chi connectivity index (χ0v) is 21.7. The summed E-state index contributed by atoms with van der Waals surface area (Å²) >= 11 is 1.53. The van der Waals surface area contributed by atoms with Crippen LogP contribution in [-0.2, 0) is 9.47 Å². The fraction of sp³-hybridized carbons (Fsp3) is 0.464. The molecule has 1 aliphatic heterocycles. The van der Waals surface area contributed by atoms with E-state index in [-0.39, 0.29) is 24.5 Å². The van der Waals surface area contributed by atoms with Crippen LogP contribution in [0.25, 0.3) is 5.57 Å². The molecule has 8 heteroatoms. The topological polar surface area (TPSA) is 80.8 Å². The van der Waals surface area contributed by atoms with Gasteiger partial charge in [0, 0.05) is 42.7 Å². The van der Waals surface area contributed by atoms with Crippen LogP contribution in [0.1, 0.15) is 58.2 Å². The first-order valence-corrected chi connectivity index (χ1v) is 13.6. The van der Waals surface area contributed by atoms with Gasteiger partial charge in [-0.05, 0) is 62.1 Å². The number of carbonyl (C=O) groups is 2. The van der Waals surface area contributed by atoms with E-state index in [4.69, 9.17) is 14.5 Å². The van der Waals surface area contributed by atoms with Crippen molar-refractivity contribution >= 4 is 34.6 Å². The highest BCUT2D eigenvalue weighted by Crippen LogP contribution is 2.46. The van der Waals surface area contributed by atoms with Crippen molar-refractivity contribution in [3.8, 4) is 0 Å². The van der Waals surface area contributed by atoms with Crippen molar-refractivity contribution in [1.29, 1.82) is 0 Å². The average Bonchev–Trinajstić information content (AvgIpc) is 3.57. The molecule has 3 aliphatic rings. The maximum atomic E-state index is 13.2. The summed E-state index contributed by atoms with van der Waals surface area (Å²) in [6, 6.07) is 6.14. The Labute approximate surface area is 216 Å². The Hall–Kier alpha value is -2.97. The summed E-state index contributed by atoms with van der Waals surface area (Å²) in [5.74, 6) is 1.37. The summed E-state index contributed by atoms with van der Waals surface area (Å²) in [7, 11) is 1.58. The first-order chi connectivity index (χ1) is 17.5. The molecule has 3 unspecified atom stereocenters. The fourth-order valence-corrected chi connectivity index (χ4v) is 5.91. The monoisotopic (exact) mass is 507 g/mol. The molecule has 2 fully saturated rings. The van der Waals surface area contributed by atoms with E-state index in [0.717, 1.165) is 41.1 Å². The average molecular weight is 508 g/mol. The Morgan fingerprint density at radius 3 is 2.92 bits per heavy atom. The van der Waals surface area contributed by atoms with Crippen LogP contribution < -0.4 is 5.32 Å². The molecule has 5 rings (SSSR count). The van der Waals surface area contributed by atoms with E-state index < -0.39 is 0 Å². The smallest absolute Gasteiger partial charge is 0.409 e. The fourth-order valence-electron chi connectivity index (χ4n) is 4.94. The highest BCUT2D eigenvalue weighted by atomic mass is 32.1. The largest absolute Gasteiger partial charge is 0.447 e. The summed E-state index contributed by atoms with van der Waals surface area (Å²) in [6.07, 6.45) is 10.3. The van der Waals surface area contributed by atoms with Crippen molar-refractivity contribution < 1.29 is 19.1 Å². The van der Waals surface area contributed by atoms with E-state index in [9.17, 15) is 9.59 Å². The number of nitrogens with zero attached hydrogens (tertiary/aromatic N) is 2. The minimum Gasteiger partial charge on any atom is -0.447 e. The standard InChI is InChI=1S/C28H33N3O4S/c1-18-5-8-24(23(14-18)21-7-6-20-15-22(20)16-21)29-26(32)25-17-36-27(30-25)19-4-3-10-31(11-9-19)28(33)35-13-12-34-2/h5-8,14,16-17,19-20,22H,3-4,9-13,15H2,1-2H3,(H,29,32). The number of methoxy groups -OCH3 is 1. The van der Waals surface area contributed by atoms with E-state index in [1.54, 1.807) is 12.0 Å². The molecule has 1 saturated carbocycles. The minimum absolute atomic E-state index is 0.191. The van der Waals surface area contributed by atoms with Gasteiger partial charge in [0.2, 0.25) is 0 Å². The normalized spacial score (nSPS) is 22.9. The second-order valence-electron chi connectivity index (χ2n) is 9.84. The SMILES string of the molecule is COCCOC(=O)N1CCCC(c2nc(C(=O)Nc3ccc(C)cc3C3=CC4CC4C=C3)cs2)CC1.